The van der Waals surface area contributed by atoms with Crippen LogP contribution in [0.1, 0.15) is 24.1 Å². The van der Waals surface area contributed by atoms with Crippen LogP contribution in [0.3, 0.4) is 0 Å². The molecule has 1 heterocycles. The van der Waals surface area contributed by atoms with Crippen LogP contribution in [-0.4, -0.2) is 15.9 Å². The number of rotatable bonds is 3. The Morgan fingerprint density at radius 1 is 1.19 bits per heavy atom. The summed E-state index contributed by atoms with van der Waals surface area (Å²) in [6.45, 7) is 1.91. The van der Waals surface area contributed by atoms with E-state index >= 15 is 0 Å². The number of nitrogens with zero attached hydrogens (tertiary/aromatic N) is 1. The van der Waals surface area contributed by atoms with Gasteiger partial charge in [0.25, 0.3) is 0 Å². The lowest BCUT2D eigenvalue weighted by atomic mass is 10.1. The van der Waals surface area contributed by atoms with E-state index in [-0.39, 0.29) is 6.04 Å². The molecule has 3 aromatic rings. The molecule has 0 saturated carbocycles. The van der Waals surface area contributed by atoms with E-state index in [0.717, 1.165) is 31.2 Å². The molecule has 0 aliphatic heterocycles. The van der Waals surface area contributed by atoms with Crippen molar-refractivity contribution in [3.63, 3.8) is 0 Å². The molecular weight excluding hydrogens is 328 g/mol. The molecule has 3 nitrogen and oxygen atoms in total. The number of halogens is 1. The van der Waals surface area contributed by atoms with E-state index in [9.17, 15) is 5.21 Å². The van der Waals surface area contributed by atoms with E-state index in [1.54, 1.807) is 6.21 Å². The van der Waals surface area contributed by atoms with Crippen LogP contribution >= 0.6 is 15.9 Å². The molecule has 1 aromatic heterocycles. The average molecular weight is 343 g/mol. The zero-order chi connectivity index (χ0) is 14.8. The Bertz CT molecular complexity index is 793. The molecule has 106 valence electrons. The summed E-state index contributed by atoms with van der Waals surface area (Å²) in [5.41, 5.74) is 2.93. The van der Waals surface area contributed by atoms with Gasteiger partial charge >= 0.3 is 0 Å². The lowest BCUT2D eigenvalue weighted by Crippen LogP contribution is -2.11. The number of H-pyrrole nitrogens is 1. The second-order valence-electron chi connectivity index (χ2n) is 5.01. The third-order valence-electron chi connectivity index (χ3n) is 3.58. The summed E-state index contributed by atoms with van der Waals surface area (Å²) in [7, 11) is 0. The monoisotopic (exact) mass is 342 g/mol. The second kappa shape index (κ2) is 5.74. The fourth-order valence-electron chi connectivity index (χ4n) is 2.39. The Kier molecular flexibility index (Phi) is 3.80. The molecule has 1 N–H and O–H groups in total. The summed E-state index contributed by atoms with van der Waals surface area (Å²) in [5.74, 6) is 0. The zero-order valence-electron chi connectivity index (χ0n) is 11.6. The fourth-order valence-corrected chi connectivity index (χ4v) is 2.76. The highest BCUT2D eigenvalue weighted by atomic mass is 79.9. The number of benzene rings is 2. The quantitative estimate of drug-likeness (QED) is 0.321. The SMILES string of the molecule is CC(c1c[nH]c2ccc(Br)cc12)[N+]([O-])=Cc1ccccc1. The largest absolute Gasteiger partial charge is 0.623 e. The normalized spacial score (nSPS) is 13.5. The van der Waals surface area contributed by atoms with Gasteiger partial charge < -0.3 is 10.2 Å². The van der Waals surface area contributed by atoms with Crippen LogP contribution in [0.5, 0.6) is 0 Å². The van der Waals surface area contributed by atoms with E-state index in [1.807, 2.05) is 61.7 Å². The van der Waals surface area contributed by atoms with Crippen molar-refractivity contribution in [1.29, 1.82) is 0 Å². The number of fused-ring (bicyclic) bond motifs is 1. The number of aromatic nitrogens is 1. The molecule has 3 rings (SSSR count). The Morgan fingerprint density at radius 3 is 2.71 bits per heavy atom. The maximum atomic E-state index is 12.4. The Balaban J connectivity index is 1.98. The van der Waals surface area contributed by atoms with E-state index in [2.05, 4.69) is 20.9 Å². The molecule has 0 saturated heterocycles. The molecule has 0 aliphatic rings. The highest BCUT2D eigenvalue weighted by molar-refractivity contribution is 9.10. The van der Waals surface area contributed by atoms with Crippen LogP contribution in [0.4, 0.5) is 0 Å². The zero-order valence-corrected chi connectivity index (χ0v) is 13.2. The summed E-state index contributed by atoms with van der Waals surface area (Å²) < 4.78 is 2.01. The minimum absolute atomic E-state index is 0.256. The second-order valence-corrected chi connectivity index (χ2v) is 5.93. The van der Waals surface area contributed by atoms with Gasteiger partial charge in [-0.2, -0.15) is 0 Å². The molecule has 21 heavy (non-hydrogen) atoms. The maximum absolute atomic E-state index is 12.4. The summed E-state index contributed by atoms with van der Waals surface area (Å²) >= 11 is 3.48. The van der Waals surface area contributed by atoms with Crippen LogP contribution in [0.15, 0.2) is 59.2 Å². The number of aromatic amines is 1. The van der Waals surface area contributed by atoms with Gasteiger partial charge in [-0.3, -0.25) is 0 Å². The van der Waals surface area contributed by atoms with E-state index in [1.165, 1.54) is 0 Å². The van der Waals surface area contributed by atoms with Gasteiger partial charge in [-0.1, -0.05) is 34.1 Å². The first kappa shape index (κ1) is 13.9. The molecule has 0 bridgehead atoms. The van der Waals surface area contributed by atoms with Crippen molar-refractivity contribution in [2.45, 2.75) is 13.0 Å². The van der Waals surface area contributed by atoms with Gasteiger partial charge in [0.2, 0.25) is 0 Å². The highest BCUT2D eigenvalue weighted by Crippen LogP contribution is 2.28. The molecule has 4 heteroatoms. The predicted molar refractivity (Wildman–Crippen MR) is 89.6 cm³/mol. The standard InChI is InChI=1S/C17H15BrN2O/c1-12(20(21)11-13-5-3-2-4-6-13)16-10-19-17-8-7-14(18)9-15(16)17/h2-12,19H,1H3. The van der Waals surface area contributed by atoms with Gasteiger partial charge in [-0.25, -0.2) is 4.74 Å². The Labute approximate surface area is 131 Å². The minimum atomic E-state index is -0.256. The van der Waals surface area contributed by atoms with Crippen molar-refractivity contribution in [2.75, 3.05) is 0 Å². The van der Waals surface area contributed by atoms with Crippen LogP contribution < -0.4 is 0 Å². The van der Waals surface area contributed by atoms with E-state index < -0.39 is 0 Å². The highest BCUT2D eigenvalue weighted by Gasteiger charge is 2.17. The molecule has 2 aromatic carbocycles. The number of nitrogens with one attached hydrogen (secondary N) is 1. The molecule has 0 amide bonds. The summed E-state index contributed by atoms with van der Waals surface area (Å²) in [6.07, 6.45) is 3.53. The van der Waals surface area contributed by atoms with Crippen LogP contribution in [0.25, 0.3) is 10.9 Å². The first-order chi connectivity index (χ1) is 10.1. The van der Waals surface area contributed by atoms with Gasteiger partial charge in [0.05, 0.1) is 0 Å². The van der Waals surface area contributed by atoms with Gasteiger partial charge in [0.1, 0.15) is 0 Å². The third-order valence-corrected chi connectivity index (χ3v) is 4.08. The predicted octanol–water partition coefficient (Wildman–Crippen LogP) is 4.62. The Hall–Kier alpha value is -2.07. The topological polar surface area (TPSA) is 41.9 Å². The summed E-state index contributed by atoms with van der Waals surface area (Å²) in [6, 6.07) is 15.4. The van der Waals surface area contributed by atoms with Gasteiger partial charge in [-0.05, 0) is 30.3 Å². The third kappa shape index (κ3) is 2.85. The molecule has 1 unspecified atom stereocenters. The van der Waals surface area contributed by atoms with Crippen LogP contribution in [0, 0.1) is 5.21 Å². The van der Waals surface area contributed by atoms with Crippen molar-refractivity contribution in [3.05, 3.63) is 75.5 Å². The fraction of sp³-hybridized carbons (Fsp3) is 0.118. The van der Waals surface area contributed by atoms with Crippen LogP contribution in [-0.2, 0) is 0 Å². The molecule has 0 radical (unpaired) electrons. The lowest BCUT2D eigenvalue weighted by Gasteiger charge is -2.12. The van der Waals surface area contributed by atoms with E-state index in [0.29, 0.717) is 0 Å². The lowest BCUT2D eigenvalue weighted by molar-refractivity contribution is -0.497. The Morgan fingerprint density at radius 2 is 1.95 bits per heavy atom. The molecule has 0 aliphatic carbocycles. The maximum Gasteiger partial charge on any atom is 0.187 e. The van der Waals surface area contributed by atoms with Crippen molar-refractivity contribution < 1.29 is 4.74 Å². The first-order valence-corrected chi connectivity index (χ1v) is 7.56. The van der Waals surface area contributed by atoms with Crippen LogP contribution in [0.2, 0.25) is 0 Å². The average Bonchev–Trinajstić information content (AvgIpc) is 2.90. The number of hydroxylamine groups is 1. The molecule has 0 spiro atoms. The van der Waals surface area contributed by atoms with Crippen molar-refractivity contribution >= 4 is 33.0 Å². The minimum Gasteiger partial charge on any atom is -0.623 e. The van der Waals surface area contributed by atoms with Gasteiger partial charge in [0, 0.05) is 39.6 Å². The summed E-state index contributed by atoms with van der Waals surface area (Å²) in [5, 5.41) is 13.4. The first-order valence-electron chi connectivity index (χ1n) is 6.77. The molecule has 1 atom stereocenters. The van der Waals surface area contributed by atoms with Gasteiger partial charge in [-0.15, -0.1) is 0 Å². The van der Waals surface area contributed by atoms with Gasteiger partial charge in [0.15, 0.2) is 12.3 Å². The summed E-state index contributed by atoms with van der Waals surface area (Å²) in [4.78, 5) is 3.21. The smallest absolute Gasteiger partial charge is 0.187 e. The van der Waals surface area contributed by atoms with Crippen molar-refractivity contribution in [3.8, 4) is 0 Å². The number of hydrogen-bond donors (Lipinski definition) is 1. The number of hydrogen-bond acceptors (Lipinski definition) is 1. The molecular formula is C17H15BrN2O. The molecule has 0 fully saturated rings. The van der Waals surface area contributed by atoms with Crippen molar-refractivity contribution in [2.24, 2.45) is 0 Å². The van der Waals surface area contributed by atoms with Crippen molar-refractivity contribution in [1.82, 2.24) is 4.98 Å². The van der Waals surface area contributed by atoms with E-state index in [4.69, 9.17) is 0 Å².